The fraction of sp³-hybridized carbons (Fsp3) is 0.733. The van der Waals surface area contributed by atoms with Gasteiger partial charge in [-0.25, -0.2) is 0 Å². The first kappa shape index (κ1) is 15.8. The molecule has 1 aromatic rings. The molecule has 0 atom stereocenters. The molecular formula is C15H24N6O2. The lowest BCUT2D eigenvalue weighted by atomic mass is 9.68. The minimum absolute atomic E-state index is 0.0207. The lowest BCUT2D eigenvalue weighted by Crippen LogP contribution is -2.42. The molecule has 1 saturated carbocycles. The van der Waals surface area contributed by atoms with E-state index in [4.69, 9.17) is 0 Å². The third-order valence-corrected chi connectivity index (χ3v) is 4.91. The zero-order chi connectivity index (χ0) is 16.3. The number of hydrogen-bond donors (Lipinski definition) is 1. The van der Waals surface area contributed by atoms with Gasteiger partial charge in [0.05, 0.1) is 18.0 Å². The Labute approximate surface area is 135 Å². The van der Waals surface area contributed by atoms with Gasteiger partial charge in [-0.2, -0.15) is 5.10 Å². The zero-order valence-corrected chi connectivity index (χ0v) is 13.6. The summed E-state index contributed by atoms with van der Waals surface area (Å²) in [6.45, 7) is 6.19. The predicted octanol–water partition coefficient (Wildman–Crippen LogP) is 1.63. The molecule has 126 valence electrons. The van der Waals surface area contributed by atoms with Crippen molar-refractivity contribution in [3.63, 3.8) is 0 Å². The zero-order valence-electron chi connectivity index (χ0n) is 13.6. The van der Waals surface area contributed by atoms with Gasteiger partial charge in [0.1, 0.15) is 12.4 Å². The lowest BCUT2D eigenvalue weighted by Gasteiger charge is -2.38. The SMILES string of the molecule is CCNC(=NCCn1cc([N+](=O)[O-])cn1)N1CCC2(CCC2)C1. The van der Waals surface area contributed by atoms with Crippen LogP contribution in [-0.4, -0.2) is 51.7 Å². The summed E-state index contributed by atoms with van der Waals surface area (Å²) in [4.78, 5) is 17.3. The van der Waals surface area contributed by atoms with Crippen LogP contribution in [0.4, 0.5) is 5.69 Å². The summed E-state index contributed by atoms with van der Waals surface area (Å²) >= 11 is 0. The van der Waals surface area contributed by atoms with E-state index < -0.39 is 4.92 Å². The summed E-state index contributed by atoms with van der Waals surface area (Å²) < 4.78 is 1.57. The number of rotatable bonds is 5. The molecule has 0 radical (unpaired) electrons. The predicted molar refractivity (Wildman–Crippen MR) is 87.3 cm³/mol. The number of nitrogens with one attached hydrogen (secondary N) is 1. The van der Waals surface area contributed by atoms with Crippen LogP contribution in [0.25, 0.3) is 0 Å². The number of guanidine groups is 1. The quantitative estimate of drug-likeness (QED) is 0.385. The van der Waals surface area contributed by atoms with Gasteiger partial charge in [0, 0.05) is 19.6 Å². The lowest BCUT2D eigenvalue weighted by molar-refractivity contribution is -0.385. The Bertz CT molecular complexity index is 593. The van der Waals surface area contributed by atoms with Crippen molar-refractivity contribution in [2.75, 3.05) is 26.2 Å². The highest BCUT2D eigenvalue weighted by atomic mass is 16.6. The van der Waals surface area contributed by atoms with Crippen molar-refractivity contribution in [1.82, 2.24) is 20.0 Å². The highest BCUT2D eigenvalue weighted by Gasteiger charge is 2.43. The summed E-state index contributed by atoms with van der Waals surface area (Å²) in [6.07, 6.45) is 8.04. The standard InChI is InChI=1S/C15H24N6O2/c1-2-16-14(19-8-6-15(12-19)4-3-5-15)17-7-9-20-11-13(10-18-20)21(22)23/h10-11H,2-9,12H2,1H3,(H,16,17). The second-order valence-corrected chi connectivity index (χ2v) is 6.48. The maximum atomic E-state index is 10.7. The first-order valence-electron chi connectivity index (χ1n) is 8.32. The molecule has 1 spiro atoms. The van der Waals surface area contributed by atoms with Crippen LogP contribution in [0.5, 0.6) is 0 Å². The van der Waals surface area contributed by atoms with Crippen molar-refractivity contribution in [2.45, 2.75) is 39.2 Å². The Morgan fingerprint density at radius 2 is 2.35 bits per heavy atom. The summed E-state index contributed by atoms with van der Waals surface area (Å²) in [7, 11) is 0. The van der Waals surface area contributed by atoms with Crippen LogP contribution in [-0.2, 0) is 6.54 Å². The summed E-state index contributed by atoms with van der Waals surface area (Å²) in [5, 5.41) is 18.0. The van der Waals surface area contributed by atoms with E-state index in [1.165, 1.54) is 38.1 Å². The fourth-order valence-electron chi connectivity index (χ4n) is 3.45. The smallest absolute Gasteiger partial charge is 0.306 e. The van der Waals surface area contributed by atoms with Gasteiger partial charge in [0.25, 0.3) is 0 Å². The van der Waals surface area contributed by atoms with Gasteiger partial charge in [-0.3, -0.25) is 19.8 Å². The van der Waals surface area contributed by atoms with Crippen LogP contribution in [0.2, 0.25) is 0 Å². The molecule has 0 bridgehead atoms. The Morgan fingerprint density at radius 3 is 2.91 bits per heavy atom. The molecule has 0 amide bonds. The first-order chi connectivity index (χ1) is 11.1. The van der Waals surface area contributed by atoms with Crippen molar-refractivity contribution in [1.29, 1.82) is 0 Å². The van der Waals surface area contributed by atoms with Gasteiger partial charge in [-0.1, -0.05) is 6.42 Å². The third kappa shape index (κ3) is 3.46. The van der Waals surface area contributed by atoms with Crippen molar-refractivity contribution in [3.8, 4) is 0 Å². The summed E-state index contributed by atoms with van der Waals surface area (Å²) in [5.74, 6) is 0.956. The van der Waals surface area contributed by atoms with E-state index >= 15 is 0 Å². The molecular weight excluding hydrogens is 296 g/mol. The van der Waals surface area contributed by atoms with Gasteiger partial charge in [-0.15, -0.1) is 0 Å². The number of nitro groups is 1. The largest absolute Gasteiger partial charge is 0.357 e. The molecule has 2 fully saturated rings. The van der Waals surface area contributed by atoms with Crippen LogP contribution in [0.15, 0.2) is 17.4 Å². The van der Waals surface area contributed by atoms with Crippen LogP contribution in [0.1, 0.15) is 32.6 Å². The number of hydrogen-bond acceptors (Lipinski definition) is 4. The Morgan fingerprint density at radius 1 is 1.52 bits per heavy atom. The summed E-state index contributed by atoms with van der Waals surface area (Å²) in [5.41, 5.74) is 0.561. The molecule has 1 saturated heterocycles. The van der Waals surface area contributed by atoms with E-state index in [1.807, 2.05) is 0 Å². The van der Waals surface area contributed by atoms with E-state index in [0.717, 1.165) is 25.6 Å². The van der Waals surface area contributed by atoms with E-state index in [2.05, 4.69) is 27.2 Å². The van der Waals surface area contributed by atoms with E-state index in [-0.39, 0.29) is 5.69 Å². The monoisotopic (exact) mass is 320 g/mol. The van der Waals surface area contributed by atoms with Crippen LogP contribution in [0.3, 0.4) is 0 Å². The highest BCUT2D eigenvalue weighted by molar-refractivity contribution is 5.80. The van der Waals surface area contributed by atoms with Gasteiger partial charge in [0.15, 0.2) is 5.96 Å². The number of aromatic nitrogens is 2. The Hall–Kier alpha value is -2.12. The molecule has 0 aromatic carbocycles. The number of aliphatic imine (C=N–C) groups is 1. The molecule has 8 heteroatoms. The molecule has 2 heterocycles. The number of likely N-dealkylation sites (tertiary alicyclic amines) is 1. The van der Waals surface area contributed by atoms with Crippen LogP contribution >= 0.6 is 0 Å². The van der Waals surface area contributed by atoms with Crippen molar-refractivity contribution in [3.05, 3.63) is 22.5 Å². The maximum absolute atomic E-state index is 10.7. The average Bonchev–Trinajstić information content (AvgIpc) is 3.13. The maximum Gasteiger partial charge on any atom is 0.306 e. The van der Waals surface area contributed by atoms with E-state index in [0.29, 0.717) is 18.5 Å². The van der Waals surface area contributed by atoms with Gasteiger partial charge in [0.2, 0.25) is 0 Å². The normalized spacial score (nSPS) is 19.9. The van der Waals surface area contributed by atoms with Crippen molar-refractivity contribution in [2.24, 2.45) is 10.4 Å². The van der Waals surface area contributed by atoms with Crippen molar-refractivity contribution >= 4 is 11.6 Å². The van der Waals surface area contributed by atoms with Gasteiger partial charge < -0.3 is 10.2 Å². The summed E-state index contributed by atoms with van der Waals surface area (Å²) in [6, 6.07) is 0. The Balaban J connectivity index is 1.57. The molecule has 23 heavy (non-hydrogen) atoms. The molecule has 3 rings (SSSR count). The Kier molecular flexibility index (Phi) is 4.49. The topological polar surface area (TPSA) is 88.6 Å². The second kappa shape index (κ2) is 6.55. The van der Waals surface area contributed by atoms with Crippen molar-refractivity contribution < 1.29 is 4.92 Å². The van der Waals surface area contributed by atoms with Crippen LogP contribution < -0.4 is 5.32 Å². The molecule has 8 nitrogen and oxygen atoms in total. The molecule has 0 unspecified atom stereocenters. The molecule has 2 aliphatic rings. The minimum atomic E-state index is -0.431. The third-order valence-electron chi connectivity index (χ3n) is 4.91. The molecule has 1 aliphatic carbocycles. The minimum Gasteiger partial charge on any atom is -0.357 e. The molecule has 1 aromatic heterocycles. The van der Waals surface area contributed by atoms with Gasteiger partial charge >= 0.3 is 5.69 Å². The first-order valence-corrected chi connectivity index (χ1v) is 8.32. The highest BCUT2D eigenvalue weighted by Crippen LogP contribution is 2.47. The second-order valence-electron chi connectivity index (χ2n) is 6.48. The molecule has 1 N–H and O–H groups in total. The van der Waals surface area contributed by atoms with Gasteiger partial charge in [-0.05, 0) is 31.6 Å². The van der Waals surface area contributed by atoms with Crippen LogP contribution in [0, 0.1) is 15.5 Å². The van der Waals surface area contributed by atoms with E-state index in [9.17, 15) is 10.1 Å². The number of nitrogens with zero attached hydrogens (tertiary/aromatic N) is 5. The van der Waals surface area contributed by atoms with E-state index in [1.54, 1.807) is 4.68 Å². The fourth-order valence-corrected chi connectivity index (χ4v) is 3.45. The average molecular weight is 320 g/mol. The molecule has 1 aliphatic heterocycles.